The lowest BCUT2D eigenvalue weighted by Gasteiger charge is -2.39. The highest BCUT2D eigenvalue weighted by molar-refractivity contribution is 7.99. The average molecular weight is 841 g/mol. The summed E-state index contributed by atoms with van der Waals surface area (Å²) < 4.78 is 39.0. The van der Waals surface area contributed by atoms with Crippen molar-refractivity contribution in [2.45, 2.75) is 113 Å². The standard InChI is InChI=1S/2C23H29FO2S.2O2/c2*1-4-6-12-23(5-2)15-27-20-11-10-18(26-3)14-19(20)21(22(23)25)16-8-7-9-17(24)13-16;2*1-2/h2*7-11,13-14,21-22,25H,4-6,12,15H2,1-3H3;;/t21-,22?,23+;21-,22?,23-;;/m01../s1. The number of rotatable bonds is 12. The molecule has 0 fully saturated rings. The van der Waals surface area contributed by atoms with Crippen LogP contribution in [0.3, 0.4) is 0 Å². The van der Waals surface area contributed by atoms with E-state index in [1.165, 1.54) is 12.1 Å². The Labute approximate surface area is 350 Å². The largest absolute Gasteiger partial charge is 0.497 e. The van der Waals surface area contributed by atoms with Gasteiger partial charge in [0.05, 0.1) is 26.4 Å². The Kier molecular flexibility index (Phi) is 19.8. The number of hydrogen-bond donors (Lipinski definition) is 2. The van der Waals surface area contributed by atoms with Crippen LogP contribution in [0.2, 0.25) is 0 Å². The fraction of sp³-hybridized carbons (Fsp3) is 0.478. The Morgan fingerprint density at radius 2 is 0.983 bits per heavy atom. The van der Waals surface area contributed by atoms with Gasteiger partial charge in [0.2, 0.25) is 0 Å². The van der Waals surface area contributed by atoms with Crippen molar-refractivity contribution in [3.05, 3.63) is 139 Å². The predicted octanol–water partition coefficient (Wildman–Crippen LogP) is 12.2. The minimum Gasteiger partial charge on any atom is -0.497 e. The number of aliphatic hydroxyl groups is 2. The molecular formula is C46H58F2O8S2. The Morgan fingerprint density at radius 3 is 1.29 bits per heavy atom. The normalized spacial score (nSPS) is 23.3. The third kappa shape index (κ3) is 11.2. The summed E-state index contributed by atoms with van der Waals surface area (Å²) >= 11 is 3.62. The molecule has 2 unspecified atom stereocenters. The molecule has 4 aromatic carbocycles. The summed E-state index contributed by atoms with van der Waals surface area (Å²) in [6, 6.07) is 25.4. The molecule has 4 aromatic rings. The molecule has 2 aliphatic heterocycles. The van der Waals surface area contributed by atoms with Gasteiger partial charge in [-0.05, 0) is 109 Å². The fourth-order valence-electron chi connectivity index (χ4n) is 8.31. The maximum absolute atomic E-state index is 14.0. The van der Waals surface area contributed by atoms with E-state index in [0.717, 1.165) is 106 Å². The first-order chi connectivity index (χ1) is 28.1. The summed E-state index contributed by atoms with van der Waals surface area (Å²) in [5.41, 5.74) is 3.34. The van der Waals surface area contributed by atoms with E-state index in [-0.39, 0.29) is 34.3 Å². The van der Waals surface area contributed by atoms with Crippen LogP contribution < -0.4 is 9.47 Å². The number of methoxy groups -OCH3 is 2. The molecular weight excluding hydrogens is 783 g/mol. The highest BCUT2D eigenvalue weighted by atomic mass is 32.2. The van der Waals surface area contributed by atoms with Crippen molar-refractivity contribution in [2.24, 2.45) is 10.8 Å². The highest BCUT2D eigenvalue weighted by Gasteiger charge is 2.46. The van der Waals surface area contributed by atoms with Crippen molar-refractivity contribution >= 4 is 23.5 Å². The summed E-state index contributed by atoms with van der Waals surface area (Å²) in [6.07, 6.45) is 6.98. The molecule has 0 amide bonds. The van der Waals surface area contributed by atoms with Gasteiger partial charge in [-0.2, -0.15) is 0 Å². The van der Waals surface area contributed by atoms with Crippen molar-refractivity contribution < 1.29 is 28.5 Å². The Morgan fingerprint density at radius 1 is 0.603 bits per heavy atom. The average Bonchev–Trinajstić information content (AvgIpc) is 3.46. The second-order valence-corrected chi connectivity index (χ2v) is 17.0. The summed E-state index contributed by atoms with van der Waals surface area (Å²) in [5, 5.41) is 23.3. The molecule has 12 heteroatoms. The second-order valence-electron chi connectivity index (χ2n) is 15.0. The molecule has 0 aromatic heterocycles. The summed E-state index contributed by atoms with van der Waals surface area (Å²) in [7, 11) is 3.30. The lowest BCUT2D eigenvalue weighted by molar-refractivity contribution is 0.0181. The van der Waals surface area contributed by atoms with E-state index in [1.807, 2.05) is 59.9 Å². The zero-order valence-corrected chi connectivity index (χ0v) is 36.0. The van der Waals surface area contributed by atoms with Gasteiger partial charge in [-0.1, -0.05) is 77.6 Å². The zero-order chi connectivity index (χ0) is 42.9. The number of thioether (sulfide) groups is 2. The molecule has 8 nitrogen and oxygen atoms in total. The van der Waals surface area contributed by atoms with E-state index in [4.69, 9.17) is 29.3 Å². The van der Waals surface area contributed by atoms with Gasteiger partial charge in [0.15, 0.2) is 0 Å². The lowest BCUT2D eigenvalue weighted by Crippen LogP contribution is -2.40. The van der Waals surface area contributed by atoms with Gasteiger partial charge in [-0.25, -0.2) is 8.78 Å². The fourth-order valence-corrected chi connectivity index (χ4v) is 11.3. The van der Waals surface area contributed by atoms with Crippen LogP contribution in [0.15, 0.2) is 94.7 Å². The summed E-state index contributed by atoms with van der Waals surface area (Å²) in [6.45, 7) is 8.70. The van der Waals surface area contributed by atoms with Crippen LogP contribution in [-0.4, -0.2) is 48.1 Å². The van der Waals surface area contributed by atoms with Crippen molar-refractivity contribution in [1.29, 1.82) is 0 Å². The molecule has 2 aliphatic rings. The van der Waals surface area contributed by atoms with Crippen LogP contribution in [0.25, 0.3) is 0 Å². The van der Waals surface area contributed by atoms with Gasteiger partial charge in [0.1, 0.15) is 23.1 Å². The SMILES string of the molecule is CCCC[C@]1(CC)CSc2ccc(OC)cc2[C@@H](c2cccc(F)c2)C1O.CCCC[C@]1(CC)CSc2ccc(OC)cc2[C@H](c2cccc(F)c2)C1O.O=O.O=O. The number of hydrogen-bond acceptors (Lipinski definition) is 10. The molecule has 0 saturated carbocycles. The monoisotopic (exact) mass is 840 g/mol. The van der Waals surface area contributed by atoms with Gasteiger partial charge in [-0.15, -0.1) is 23.5 Å². The van der Waals surface area contributed by atoms with E-state index in [9.17, 15) is 19.0 Å². The van der Waals surface area contributed by atoms with Crippen molar-refractivity contribution in [3.63, 3.8) is 0 Å². The number of halogens is 2. The highest BCUT2D eigenvalue weighted by Crippen LogP contribution is 2.53. The molecule has 316 valence electrons. The van der Waals surface area contributed by atoms with Crippen LogP contribution >= 0.6 is 23.5 Å². The topological polar surface area (TPSA) is 127 Å². The molecule has 0 saturated heterocycles. The number of unbranched alkanes of at least 4 members (excludes halogenated alkanes) is 2. The zero-order valence-electron chi connectivity index (χ0n) is 34.4. The summed E-state index contributed by atoms with van der Waals surface area (Å²) in [5.74, 6) is 2.20. The number of fused-ring (bicyclic) bond motifs is 2. The Balaban J connectivity index is 0.000000286. The van der Waals surface area contributed by atoms with E-state index < -0.39 is 12.2 Å². The first-order valence-electron chi connectivity index (χ1n) is 19.9. The maximum Gasteiger partial charge on any atom is 0.123 e. The van der Waals surface area contributed by atoms with Gasteiger partial charge in [-0.3, -0.25) is 0 Å². The predicted molar refractivity (Wildman–Crippen MR) is 234 cm³/mol. The van der Waals surface area contributed by atoms with Crippen LogP contribution in [0, 0.1) is 42.3 Å². The molecule has 0 aliphatic carbocycles. The third-order valence-electron chi connectivity index (χ3n) is 11.9. The van der Waals surface area contributed by atoms with Crippen molar-refractivity contribution in [1.82, 2.24) is 0 Å². The molecule has 2 N–H and O–H groups in total. The maximum atomic E-state index is 14.0. The van der Waals surface area contributed by atoms with Gasteiger partial charge >= 0.3 is 0 Å². The van der Waals surface area contributed by atoms with Crippen LogP contribution in [0.5, 0.6) is 11.5 Å². The minimum atomic E-state index is -0.572. The minimum absolute atomic E-state index is 0.191. The van der Waals surface area contributed by atoms with Gasteiger partial charge < -0.3 is 19.7 Å². The Hall–Kier alpha value is -3.84. The van der Waals surface area contributed by atoms with E-state index >= 15 is 0 Å². The Bertz CT molecular complexity index is 1730. The number of ether oxygens (including phenoxy) is 2. The quantitative estimate of drug-likeness (QED) is 0.142. The molecule has 58 heavy (non-hydrogen) atoms. The number of benzene rings is 4. The smallest absolute Gasteiger partial charge is 0.123 e. The van der Waals surface area contributed by atoms with Crippen LogP contribution in [0.4, 0.5) is 8.78 Å². The van der Waals surface area contributed by atoms with Crippen molar-refractivity contribution in [2.75, 3.05) is 25.7 Å². The van der Waals surface area contributed by atoms with E-state index in [0.29, 0.717) is 0 Å². The lowest BCUT2D eigenvalue weighted by atomic mass is 9.69. The molecule has 2 heterocycles. The first-order valence-corrected chi connectivity index (χ1v) is 21.9. The number of aliphatic hydroxyl groups excluding tert-OH is 2. The third-order valence-corrected chi connectivity index (χ3v) is 14.7. The summed E-state index contributed by atoms with van der Waals surface area (Å²) in [4.78, 5) is 30.3. The van der Waals surface area contributed by atoms with Crippen molar-refractivity contribution in [3.8, 4) is 11.5 Å². The van der Waals surface area contributed by atoms with Gasteiger partial charge in [0, 0.05) is 63.8 Å². The second kappa shape index (κ2) is 23.7. The molecule has 0 radical (unpaired) electrons. The molecule has 0 bridgehead atoms. The van der Waals surface area contributed by atoms with Gasteiger partial charge in [0.25, 0.3) is 0 Å². The van der Waals surface area contributed by atoms with Crippen LogP contribution in [0.1, 0.15) is 113 Å². The van der Waals surface area contributed by atoms with Crippen LogP contribution in [-0.2, 0) is 0 Å². The molecule has 6 atom stereocenters. The first kappa shape index (κ1) is 48.5. The van der Waals surface area contributed by atoms with E-state index in [2.05, 4.69) is 39.8 Å². The molecule has 6 rings (SSSR count). The van der Waals surface area contributed by atoms with E-state index in [1.54, 1.807) is 38.5 Å². The molecule has 0 spiro atoms.